The molecule has 1 aromatic carbocycles. The molecule has 0 spiro atoms. The van der Waals surface area contributed by atoms with E-state index in [1.807, 2.05) is 19.1 Å². The summed E-state index contributed by atoms with van der Waals surface area (Å²) in [4.78, 5) is 0. The van der Waals surface area contributed by atoms with Crippen LogP contribution in [0, 0.1) is 17.2 Å². The third-order valence-corrected chi connectivity index (χ3v) is 3.12. The monoisotopic (exact) mass is 333 g/mol. The van der Waals surface area contributed by atoms with E-state index in [-0.39, 0.29) is 0 Å². The Bertz CT molecular complexity index is 599. The Kier molecular flexibility index (Phi) is 6.34. The number of nitrogens with zero attached hydrogens (tertiary/aromatic N) is 2. The first-order valence-corrected chi connectivity index (χ1v) is 7.87. The van der Waals surface area contributed by atoms with E-state index in [1.54, 1.807) is 0 Å². The second kappa shape index (κ2) is 7.57. The number of rotatable bonds is 3. The van der Waals surface area contributed by atoms with Gasteiger partial charge in [0.25, 0.3) is 0 Å². The van der Waals surface area contributed by atoms with Crippen molar-refractivity contribution < 1.29 is 38.3 Å². The predicted molar refractivity (Wildman–Crippen MR) is 74.6 cm³/mol. The number of hydrogen-bond acceptors (Lipinski definition) is 5. The van der Waals surface area contributed by atoms with Gasteiger partial charge in [0.1, 0.15) is 5.75 Å². The van der Waals surface area contributed by atoms with E-state index in [0.717, 1.165) is 5.75 Å². The maximum atomic E-state index is 8.83. The first-order valence-electron chi connectivity index (χ1n) is 6.55. The van der Waals surface area contributed by atoms with Crippen LogP contribution in [0.2, 0.25) is 0 Å². The van der Waals surface area contributed by atoms with Gasteiger partial charge < -0.3 is 4.74 Å². The van der Waals surface area contributed by atoms with E-state index in [2.05, 4.69) is 48.6 Å². The Hall–Kier alpha value is -1.64. The Balaban J connectivity index is 0.000000422. The van der Waals surface area contributed by atoms with Crippen LogP contribution in [0.5, 0.6) is 5.75 Å². The molecule has 3 N–H and O–H groups in total. The van der Waals surface area contributed by atoms with Gasteiger partial charge in [0.15, 0.2) is 7.05 Å². The Labute approximate surface area is 131 Å². The fraction of sp³-hybridized carbons (Fsp3) is 0.357. The quantitative estimate of drug-likeness (QED) is 0.649. The molecule has 22 heavy (non-hydrogen) atoms. The standard InChI is InChI=1S/C14H19N2O.ClH3O4/c1-5-17-13-8-6-12(7-9-13)14-10-11(2)15(3)16(14)4;2-1(3,4)5/h6-10H,5H2,1-4H3;2-4H/q+1;. The Morgan fingerprint density at radius 1 is 1.23 bits per heavy atom. The Morgan fingerprint density at radius 3 is 2.09 bits per heavy atom. The molecule has 1 heterocycles. The van der Waals surface area contributed by atoms with E-state index in [1.165, 1.54) is 17.0 Å². The molecule has 0 unspecified atom stereocenters. The van der Waals surface area contributed by atoms with Gasteiger partial charge in [0, 0.05) is 11.6 Å². The van der Waals surface area contributed by atoms with Gasteiger partial charge in [0.2, 0.25) is 5.69 Å². The van der Waals surface area contributed by atoms with Gasteiger partial charge in [-0.2, -0.15) is 4.68 Å². The summed E-state index contributed by atoms with van der Waals surface area (Å²) in [6, 6.07) is 10.4. The van der Waals surface area contributed by atoms with E-state index >= 15 is 0 Å². The van der Waals surface area contributed by atoms with Crippen LogP contribution in [0.4, 0.5) is 0 Å². The van der Waals surface area contributed by atoms with Crippen LogP contribution in [0.25, 0.3) is 11.3 Å². The molecule has 0 aliphatic rings. The van der Waals surface area contributed by atoms with Crippen molar-refractivity contribution in [3.63, 3.8) is 0 Å². The van der Waals surface area contributed by atoms with Crippen molar-refractivity contribution in [2.75, 3.05) is 6.61 Å². The van der Waals surface area contributed by atoms with Gasteiger partial charge in [-0.3, -0.25) is 0 Å². The molecule has 0 aliphatic carbocycles. The fourth-order valence-corrected chi connectivity index (χ4v) is 1.94. The Morgan fingerprint density at radius 2 is 1.73 bits per heavy atom. The van der Waals surface area contributed by atoms with Crippen molar-refractivity contribution in [3.05, 3.63) is 36.0 Å². The first kappa shape index (κ1) is 18.4. The predicted octanol–water partition coefficient (Wildman–Crippen LogP) is -0.636. The van der Waals surface area contributed by atoms with Gasteiger partial charge in [0.05, 0.1) is 19.3 Å². The van der Waals surface area contributed by atoms with Gasteiger partial charge in [-0.05, 0) is 38.1 Å². The zero-order valence-electron chi connectivity index (χ0n) is 13.0. The third kappa shape index (κ3) is 5.63. The molecule has 7 nitrogen and oxygen atoms in total. The molecule has 2 rings (SSSR count). The molecule has 124 valence electrons. The summed E-state index contributed by atoms with van der Waals surface area (Å²) in [5.74, 6) is 0.923. The minimum atomic E-state index is -4.19. The zero-order valence-corrected chi connectivity index (χ0v) is 13.8. The van der Waals surface area contributed by atoms with Crippen LogP contribution < -0.4 is 14.1 Å². The van der Waals surface area contributed by atoms with Crippen molar-refractivity contribution >= 4 is 0 Å². The minimum absolute atomic E-state index is 0.706. The van der Waals surface area contributed by atoms with Gasteiger partial charge in [-0.25, -0.2) is 0 Å². The van der Waals surface area contributed by atoms with E-state index in [4.69, 9.17) is 23.4 Å². The second-order valence-electron chi connectivity index (χ2n) is 4.61. The van der Waals surface area contributed by atoms with Gasteiger partial charge in [-0.1, -0.05) is 0 Å². The molecule has 0 amide bonds. The molecule has 0 saturated carbocycles. The van der Waals surface area contributed by atoms with Gasteiger partial charge >= 0.3 is 28.9 Å². The van der Waals surface area contributed by atoms with Crippen molar-refractivity contribution in [1.29, 1.82) is 0 Å². The first-order chi connectivity index (χ1) is 10.1. The second-order valence-corrected chi connectivity index (χ2v) is 5.48. The number of benzene rings is 1. The summed E-state index contributed by atoms with van der Waals surface area (Å²) in [7, 11) is -0.0633. The molecular weight excluding hydrogens is 312 g/mol. The summed E-state index contributed by atoms with van der Waals surface area (Å²) in [5.41, 5.74) is 3.67. The average Bonchev–Trinajstić information content (AvgIpc) is 2.66. The zero-order chi connectivity index (χ0) is 16.9. The van der Waals surface area contributed by atoms with E-state index in [9.17, 15) is 0 Å². The molecule has 0 fully saturated rings. The molecule has 0 aliphatic heterocycles. The number of ether oxygens (including phenoxy) is 1. The normalized spacial score (nSPS) is 11.6. The number of hydrogen-bond donors (Lipinski definition) is 3. The number of aryl methyl sites for hydroxylation is 1. The number of aromatic nitrogens is 2. The molecule has 8 heteroatoms. The number of halogens is 1. The van der Waals surface area contributed by atoms with Crippen LogP contribution in [-0.4, -0.2) is 25.3 Å². The van der Waals surface area contributed by atoms with Crippen LogP contribution >= 0.6 is 0 Å². The molecule has 0 atom stereocenters. The van der Waals surface area contributed by atoms with Crippen molar-refractivity contribution in [2.45, 2.75) is 13.8 Å². The molecule has 0 saturated heterocycles. The van der Waals surface area contributed by atoms with Crippen LogP contribution in [0.1, 0.15) is 12.6 Å². The van der Waals surface area contributed by atoms with Crippen LogP contribution in [0.15, 0.2) is 30.3 Å². The molecular formula is C14H22ClN2O5+. The molecule has 2 aromatic rings. The van der Waals surface area contributed by atoms with Crippen molar-refractivity contribution in [2.24, 2.45) is 14.1 Å². The third-order valence-electron chi connectivity index (χ3n) is 3.12. The molecule has 0 radical (unpaired) electrons. The molecule has 0 bridgehead atoms. The molecule has 1 aromatic heterocycles. The maximum absolute atomic E-state index is 8.83. The van der Waals surface area contributed by atoms with Crippen LogP contribution in [0.3, 0.4) is 0 Å². The SMILES string of the molecule is CCOc1ccc(-c2cc(C)n(C)[n+]2C)cc1.[O-][Cl+](O)(O)O. The van der Waals surface area contributed by atoms with E-state index in [0.29, 0.717) is 6.61 Å². The topological polar surface area (TPSA) is 102 Å². The fourth-order valence-electron chi connectivity index (χ4n) is 1.94. The summed E-state index contributed by atoms with van der Waals surface area (Å²) in [6.07, 6.45) is 0. The van der Waals surface area contributed by atoms with E-state index < -0.39 is 10.2 Å². The van der Waals surface area contributed by atoms with Crippen molar-refractivity contribution in [3.8, 4) is 17.0 Å². The summed E-state index contributed by atoms with van der Waals surface area (Å²) in [5, 5.41) is 0. The van der Waals surface area contributed by atoms with Crippen molar-refractivity contribution in [1.82, 2.24) is 4.68 Å². The average molecular weight is 334 g/mol. The summed E-state index contributed by atoms with van der Waals surface area (Å²) >= 11 is 0. The summed E-state index contributed by atoms with van der Waals surface area (Å²) in [6.45, 7) is 4.81. The van der Waals surface area contributed by atoms with Gasteiger partial charge in [-0.15, -0.1) is 4.68 Å². The van der Waals surface area contributed by atoms with Crippen LogP contribution in [-0.2, 0) is 14.1 Å². The summed E-state index contributed by atoms with van der Waals surface area (Å²) < 4.78 is 39.9.